The third-order valence-corrected chi connectivity index (χ3v) is 1.22. The first kappa shape index (κ1) is 12.4. The predicted octanol–water partition coefficient (Wildman–Crippen LogP) is -1.50. The fourth-order valence-corrected chi connectivity index (χ4v) is 0.648. The minimum Gasteiger partial charge on any atom is -0.463 e. The molecule has 0 fully saturated rings. The van der Waals surface area contributed by atoms with Gasteiger partial charge in [0.15, 0.2) is 0 Å². The van der Waals surface area contributed by atoms with Crippen molar-refractivity contribution in [3.8, 4) is 0 Å². The van der Waals surface area contributed by atoms with E-state index in [-0.39, 0.29) is 25.5 Å². The Kier molecular flexibility index (Phi) is 6.13. The predicted molar refractivity (Wildman–Crippen MR) is 49.0 cm³/mol. The van der Waals surface area contributed by atoms with Crippen LogP contribution < -0.4 is 11.1 Å². The van der Waals surface area contributed by atoms with Gasteiger partial charge >= 0.3 is 5.97 Å². The molecule has 0 aromatic heterocycles. The van der Waals surface area contributed by atoms with Crippen LogP contribution in [0.3, 0.4) is 0 Å². The van der Waals surface area contributed by atoms with Crippen molar-refractivity contribution in [2.24, 2.45) is 5.73 Å². The van der Waals surface area contributed by atoms with Gasteiger partial charge in [0.05, 0.1) is 19.3 Å². The molecular weight excluding hydrogens is 188 g/mol. The number of nitrogens with one attached hydrogen (secondary N) is 1. The lowest BCUT2D eigenvalue weighted by atomic mass is 10.4. The van der Waals surface area contributed by atoms with Crippen LogP contribution in [-0.2, 0) is 14.3 Å². The molecule has 1 amide bonds. The molecule has 0 saturated carbocycles. The lowest BCUT2D eigenvalue weighted by Gasteiger charge is -2.02. The van der Waals surface area contributed by atoms with Gasteiger partial charge in [0.2, 0.25) is 0 Å². The molecule has 0 radical (unpaired) electrons. The van der Waals surface area contributed by atoms with Crippen molar-refractivity contribution >= 4 is 11.9 Å². The molecule has 6 nitrogen and oxygen atoms in total. The van der Waals surface area contributed by atoms with Crippen LogP contribution in [0.25, 0.3) is 0 Å². The second-order valence-corrected chi connectivity index (χ2v) is 2.33. The molecule has 0 saturated heterocycles. The minimum absolute atomic E-state index is 0.0935. The normalized spacial score (nSPS) is 10.9. The molecule has 0 atom stereocenters. The van der Waals surface area contributed by atoms with Crippen LogP contribution in [0.15, 0.2) is 11.8 Å². The topological polar surface area (TPSA) is 102 Å². The number of aliphatic hydroxyl groups excluding tert-OH is 1. The van der Waals surface area contributed by atoms with Gasteiger partial charge in [-0.1, -0.05) is 0 Å². The van der Waals surface area contributed by atoms with Crippen LogP contribution in [0.1, 0.15) is 6.92 Å². The highest BCUT2D eigenvalue weighted by molar-refractivity contribution is 5.98. The Hall–Kier alpha value is -1.56. The van der Waals surface area contributed by atoms with E-state index in [0.717, 1.165) is 6.08 Å². The number of esters is 1. The highest BCUT2D eigenvalue weighted by Crippen LogP contribution is 1.87. The number of hydrogen-bond acceptors (Lipinski definition) is 5. The van der Waals surface area contributed by atoms with Crippen LogP contribution in [0.2, 0.25) is 0 Å². The van der Waals surface area contributed by atoms with Crippen LogP contribution >= 0.6 is 0 Å². The van der Waals surface area contributed by atoms with Gasteiger partial charge in [0.25, 0.3) is 5.91 Å². The molecule has 0 bridgehead atoms. The first-order valence-corrected chi connectivity index (χ1v) is 4.14. The molecule has 0 rings (SSSR count). The third kappa shape index (κ3) is 5.15. The first-order valence-electron chi connectivity index (χ1n) is 4.14. The van der Waals surface area contributed by atoms with Gasteiger partial charge in [-0.2, -0.15) is 0 Å². The molecule has 0 aliphatic carbocycles. The summed E-state index contributed by atoms with van der Waals surface area (Å²) in [5.41, 5.74) is 5.02. The molecular formula is C8H14N2O4. The zero-order valence-electron chi connectivity index (χ0n) is 7.95. The van der Waals surface area contributed by atoms with E-state index in [2.05, 4.69) is 10.1 Å². The first-order chi connectivity index (χ1) is 6.61. The van der Waals surface area contributed by atoms with Gasteiger partial charge in [-0.05, 0) is 6.92 Å². The van der Waals surface area contributed by atoms with Crippen molar-refractivity contribution in [3.05, 3.63) is 11.8 Å². The van der Waals surface area contributed by atoms with E-state index >= 15 is 0 Å². The molecule has 6 heteroatoms. The number of carbonyl (C=O) groups excluding carboxylic acids is 2. The minimum atomic E-state index is -0.663. The lowest BCUT2D eigenvalue weighted by Crippen LogP contribution is -2.31. The van der Waals surface area contributed by atoms with E-state index < -0.39 is 11.9 Å². The van der Waals surface area contributed by atoms with E-state index in [0.29, 0.717) is 0 Å². The Balaban J connectivity index is 4.08. The van der Waals surface area contributed by atoms with E-state index in [1.54, 1.807) is 6.92 Å². The Morgan fingerprint density at radius 1 is 1.57 bits per heavy atom. The summed E-state index contributed by atoms with van der Waals surface area (Å²) < 4.78 is 4.54. The number of nitrogens with two attached hydrogens (primary N) is 1. The summed E-state index contributed by atoms with van der Waals surface area (Å²) in [4.78, 5) is 21.8. The molecule has 0 spiro atoms. The Morgan fingerprint density at radius 3 is 2.71 bits per heavy atom. The second-order valence-electron chi connectivity index (χ2n) is 2.33. The molecule has 80 valence electrons. The summed E-state index contributed by atoms with van der Waals surface area (Å²) in [6.07, 6.45) is 0.899. The maximum atomic E-state index is 11.0. The van der Waals surface area contributed by atoms with Crippen molar-refractivity contribution in [1.29, 1.82) is 0 Å². The molecule has 14 heavy (non-hydrogen) atoms. The number of hydrogen-bond donors (Lipinski definition) is 3. The van der Waals surface area contributed by atoms with Gasteiger partial charge in [-0.15, -0.1) is 0 Å². The van der Waals surface area contributed by atoms with Gasteiger partial charge < -0.3 is 20.9 Å². The summed E-state index contributed by atoms with van der Waals surface area (Å²) in [5.74, 6) is -1.27. The highest BCUT2D eigenvalue weighted by Gasteiger charge is 2.06. The van der Waals surface area contributed by atoms with Gasteiger partial charge in [-0.3, -0.25) is 4.79 Å². The molecule has 0 aliphatic heterocycles. The van der Waals surface area contributed by atoms with Crippen molar-refractivity contribution < 1.29 is 19.4 Å². The van der Waals surface area contributed by atoms with Crippen LogP contribution in [-0.4, -0.2) is 36.7 Å². The molecule has 0 aromatic rings. The molecule has 0 aliphatic rings. The second kappa shape index (κ2) is 6.90. The smallest absolute Gasteiger partial charge is 0.333 e. The Bertz CT molecular complexity index is 237. The molecule has 0 heterocycles. The van der Waals surface area contributed by atoms with Crippen LogP contribution in [0.4, 0.5) is 0 Å². The number of amides is 1. The maximum absolute atomic E-state index is 11.0. The van der Waals surface area contributed by atoms with Crippen molar-refractivity contribution in [2.75, 3.05) is 19.8 Å². The summed E-state index contributed by atoms with van der Waals surface area (Å²) in [5, 5.41) is 10.7. The average molecular weight is 202 g/mol. The highest BCUT2D eigenvalue weighted by atomic mass is 16.5. The zero-order chi connectivity index (χ0) is 11.0. The Labute approximate surface area is 81.7 Å². The number of aliphatic hydroxyl groups is 1. The number of carbonyl (C=O) groups is 2. The van der Waals surface area contributed by atoms with E-state index in [1.165, 1.54) is 0 Å². The molecule has 0 aromatic carbocycles. The SMILES string of the molecule is CCOC(=O)/C=C(\N)C(=O)NCCO. The maximum Gasteiger partial charge on any atom is 0.333 e. The summed E-state index contributed by atoms with van der Waals surface area (Å²) in [6, 6.07) is 0. The molecule has 0 unspecified atom stereocenters. The summed E-state index contributed by atoms with van der Waals surface area (Å²) in [6.45, 7) is 1.78. The van der Waals surface area contributed by atoms with E-state index in [4.69, 9.17) is 10.8 Å². The number of rotatable bonds is 5. The standard InChI is InChI=1S/C8H14N2O4/c1-2-14-7(12)5-6(9)8(13)10-3-4-11/h5,11H,2-4,9H2,1H3,(H,10,13)/b6-5-. The zero-order valence-corrected chi connectivity index (χ0v) is 7.95. The average Bonchev–Trinajstić information content (AvgIpc) is 2.14. The summed E-state index contributed by atoms with van der Waals surface area (Å²) in [7, 11) is 0. The van der Waals surface area contributed by atoms with Crippen molar-refractivity contribution in [1.82, 2.24) is 5.32 Å². The van der Waals surface area contributed by atoms with Crippen molar-refractivity contribution in [2.45, 2.75) is 6.92 Å². The quantitative estimate of drug-likeness (QED) is 0.372. The Morgan fingerprint density at radius 2 is 2.21 bits per heavy atom. The van der Waals surface area contributed by atoms with Gasteiger partial charge in [-0.25, -0.2) is 4.79 Å². The fourth-order valence-electron chi connectivity index (χ4n) is 0.648. The van der Waals surface area contributed by atoms with Crippen molar-refractivity contribution in [3.63, 3.8) is 0 Å². The number of ether oxygens (including phenoxy) is 1. The monoisotopic (exact) mass is 202 g/mol. The summed E-state index contributed by atoms with van der Waals surface area (Å²) >= 11 is 0. The van der Waals surface area contributed by atoms with Crippen LogP contribution in [0, 0.1) is 0 Å². The third-order valence-electron chi connectivity index (χ3n) is 1.22. The van der Waals surface area contributed by atoms with E-state index in [9.17, 15) is 9.59 Å². The largest absolute Gasteiger partial charge is 0.463 e. The lowest BCUT2D eigenvalue weighted by molar-refractivity contribution is -0.137. The molecule has 4 N–H and O–H groups in total. The van der Waals surface area contributed by atoms with Gasteiger partial charge in [0, 0.05) is 6.54 Å². The fraction of sp³-hybridized carbons (Fsp3) is 0.500. The van der Waals surface area contributed by atoms with Gasteiger partial charge in [0.1, 0.15) is 5.70 Å². The van der Waals surface area contributed by atoms with E-state index in [1.807, 2.05) is 0 Å². The van der Waals surface area contributed by atoms with Crippen LogP contribution in [0.5, 0.6) is 0 Å².